The van der Waals surface area contributed by atoms with Gasteiger partial charge in [0.25, 0.3) is 0 Å². The average Bonchev–Trinajstić information content (AvgIpc) is 2.81. The summed E-state index contributed by atoms with van der Waals surface area (Å²) in [6.07, 6.45) is 3.37. The molecule has 0 saturated heterocycles. The minimum absolute atomic E-state index is 0.0479. The summed E-state index contributed by atoms with van der Waals surface area (Å²) >= 11 is 0. The Morgan fingerprint density at radius 1 is 1.06 bits per heavy atom. The second-order valence-electron chi connectivity index (χ2n) is 10.3. The van der Waals surface area contributed by atoms with Crippen LogP contribution < -0.4 is 5.73 Å². The molecular weight excluding hydrogens is 460 g/mol. The molecule has 0 aliphatic heterocycles. The number of phenolic OH excluding ortho intramolecular Hbond substituents is 1. The van der Waals surface area contributed by atoms with Crippen molar-refractivity contribution >= 4 is 23.3 Å². The van der Waals surface area contributed by atoms with E-state index in [2.05, 4.69) is 4.90 Å². The van der Waals surface area contributed by atoms with Crippen LogP contribution >= 0.6 is 0 Å². The second kappa shape index (κ2) is 8.50. The predicted octanol–water partition coefficient (Wildman–Crippen LogP) is 1.65. The van der Waals surface area contributed by atoms with Crippen molar-refractivity contribution in [2.45, 2.75) is 25.0 Å². The molecule has 0 bridgehead atoms. The van der Waals surface area contributed by atoms with E-state index in [1.165, 1.54) is 18.2 Å². The molecule has 3 aliphatic rings. The van der Waals surface area contributed by atoms with Crippen molar-refractivity contribution in [2.24, 2.45) is 29.4 Å². The molecule has 186 valence electrons. The highest BCUT2D eigenvalue weighted by atomic mass is 16.3. The third-order valence-corrected chi connectivity index (χ3v) is 7.77. The van der Waals surface area contributed by atoms with Gasteiger partial charge >= 0.3 is 0 Å². The first kappa shape index (κ1) is 24.1. The van der Waals surface area contributed by atoms with Gasteiger partial charge in [-0.25, -0.2) is 0 Å². The van der Waals surface area contributed by atoms with E-state index in [4.69, 9.17) is 5.73 Å². The monoisotopic (exact) mass is 488 g/mol. The summed E-state index contributed by atoms with van der Waals surface area (Å²) in [6, 6.07) is 11.2. The molecule has 3 aliphatic carbocycles. The fraction of sp³-hybridized carbons (Fsp3) is 0.357. The van der Waals surface area contributed by atoms with E-state index in [0.29, 0.717) is 12.0 Å². The first-order chi connectivity index (χ1) is 17.0. The molecule has 2 aromatic rings. The van der Waals surface area contributed by atoms with Gasteiger partial charge in [-0.05, 0) is 61.2 Å². The molecule has 4 N–H and O–H groups in total. The highest BCUT2D eigenvalue weighted by Crippen LogP contribution is 2.50. The van der Waals surface area contributed by atoms with Crippen LogP contribution in [0.4, 0.5) is 0 Å². The number of benzene rings is 2. The van der Waals surface area contributed by atoms with Gasteiger partial charge in [0.2, 0.25) is 5.91 Å². The largest absolute Gasteiger partial charge is 0.507 e. The number of Topliss-reactive ketones (excluding diaryl/α,β-unsaturated/α-hetero) is 3. The average molecular weight is 489 g/mol. The summed E-state index contributed by atoms with van der Waals surface area (Å²) in [7, 11) is 3.98. The number of nitrogens with zero attached hydrogens (tertiary/aromatic N) is 1. The van der Waals surface area contributed by atoms with Gasteiger partial charge in [-0.3, -0.25) is 19.2 Å². The molecule has 5 rings (SSSR count). The van der Waals surface area contributed by atoms with Crippen LogP contribution in [0, 0.1) is 23.7 Å². The summed E-state index contributed by atoms with van der Waals surface area (Å²) in [6.45, 7) is 0.783. The number of rotatable bonds is 4. The number of carbonyl (C=O) groups excluding carboxylic acids is 4. The van der Waals surface area contributed by atoms with Gasteiger partial charge in [0.05, 0.1) is 11.5 Å². The molecule has 2 aromatic carbocycles. The Hall–Kier alpha value is -3.62. The molecule has 2 unspecified atom stereocenters. The van der Waals surface area contributed by atoms with E-state index in [1.807, 2.05) is 38.4 Å². The van der Waals surface area contributed by atoms with Crippen LogP contribution in [-0.2, 0) is 27.3 Å². The quantitative estimate of drug-likeness (QED) is 0.439. The van der Waals surface area contributed by atoms with Crippen LogP contribution in [0.25, 0.3) is 11.1 Å². The fourth-order valence-electron chi connectivity index (χ4n) is 6.08. The van der Waals surface area contributed by atoms with Crippen LogP contribution in [0.3, 0.4) is 0 Å². The van der Waals surface area contributed by atoms with Crippen LogP contribution in [0.2, 0.25) is 0 Å². The van der Waals surface area contributed by atoms with E-state index in [9.17, 15) is 29.4 Å². The normalized spacial score (nSPS) is 29.1. The number of ketones is 3. The third-order valence-electron chi connectivity index (χ3n) is 7.77. The molecule has 0 spiro atoms. The van der Waals surface area contributed by atoms with E-state index in [0.717, 1.165) is 23.2 Å². The zero-order valence-electron chi connectivity index (χ0n) is 20.1. The third kappa shape index (κ3) is 3.51. The molecule has 1 saturated carbocycles. The maximum absolute atomic E-state index is 13.7. The van der Waals surface area contributed by atoms with Crippen molar-refractivity contribution in [3.63, 3.8) is 0 Å². The minimum atomic E-state index is -2.49. The molecule has 0 aromatic heterocycles. The first-order valence-electron chi connectivity index (χ1n) is 12.0. The van der Waals surface area contributed by atoms with Crippen molar-refractivity contribution in [1.82, 2.24) is 4.90 Å². The summed E-state index contributed by atoms with van der Waals surface area (Å²) in [5.41, 5.74) is 6.32. The smallest absolute Gasteiger partial charge is 0.232 e. The lowest BCUT2D eigenvalue weighted by atomic mass is 9.55. The van der Waals surface area contributed by atoms with Crippen molar-refractivity contribution in [3.05, 3.63) is 65.2 Å². The number of aromatic hydroxyl groups is 1. The van der Waals surface area contributed by atoms with E-state index >= 15 is 0 Å². The predicted molar refractivity (Wildman–Crippen MR) is 131 cm³/mol. The number of hydrogen-bond acceptors (Lipinski definition) is 7. The molecule has 0 radical (unpaired) electrons. The number of fused-ring (bicyclic) bond motifs is 3. The lowest BCUT2D eigenvalue weighted by Crippen LogP contribution is -2.65. The Bertz CT molecular complexity index is 1330. The Kier molecular flexibility index (Phi) is 5.69. The number of phenols is 1. The van der Waals surface area contributed by atoms with Crippen LogP contribution in [0.15, 0.2) is 48.6 Å². The number of amides is 1. The van der Waals surface area contributed by atoms with Crippen molar-refractivity contribution in [3.8, 4) is 16.9 Å². The zero-order valence-corrected chi connectivity index (χ0v) is 20.1. The minimum Gasteiger partial charge on any atom is -0.507 e. The van der Waals surface area contributed by atoms with E-state index < -0.39 is 52.5 Å². The molecular formula is C28H28N2O6. The first-order valence-corrected chi connectivity index (χ1v) is 12.0. The summed E-state index contributed by atoms with van der Waals surface area (Å²) in [5, 5.41) is 21.9. The van der Waals surface area contributed by atoms with Gasteiger partial charge < -0.3 is 20.8 Å². The Balaban J connectivity index is 1.56. The molecule has 0 heterocycles. The summed E-state index contributed by atoms with van der Waals surface area (Å²) in [5.74, 6) is -7.74. The molecule has 36 heavy (non-hydrogen) atoms. The lowest BCUT2D eigenvalue weighted by Gasteiger charge is -2.47. The number of aliphatic hydroxyl groups is 1. The second-order valence-corrected chi connectivity index (χ2v) is 10.3. The van der Waals surface area contributed by atoms with Crippen molar-refractivity contribution in [2.75, 3.05) is 14.1 Å². The molecule has 5 atom stereocenters. The van der Waals surface area contributed by atoms with Gasteiger partial charge in [-0.15, -0.1) is 0 Å². The topological polar surface area (TPSA) is 138 Å². The van der Waals surface area contributed by atoms with Crippen molar-refractivity contribution < 1.29 is 29.4 Å². The van der Waals surface area contributed by atoms with Crippen LogP contribution in [0.1, 0.15) is 27.9 Å². The van der Waals surface area contributed by atoms with Gasteiger partial charge in [0.15, 0.2) is 23.0 Å². The molecule has 1 fully saturated rings. The Morgan fingerprint density at radius 2 is 1.75 bits per heavy atom. The van der Waals surface area contributed by atoms with Gasteiger partial charge in [0, 0.05) is 12.5 Å². The number of primary amides is 1. The highest BCUT2D eigenvalue weighted by molar-refractivity contribution is 6.26. The molecule has 8 heteroatoms. The summed E-state index contributed by atoms with van der Waals surface area (Å²) in [4.78, 5) is 54.0. The zero-order chi connectivity index (χ0) is 25.9. The number of carbonyl (C=O) groups is 4. The van der Waals surface area contributed by atoms with Gasteiger partial charge in [-0.1, -0.05) is 42.5 Å². The number of nitrogens with two attached hydrogens (primary N) is 1. The number of hydrogen-bond donors (Lipinski definition) is 3. The lowest BCUT2D eigenvalue weighted by molar-refractivity contribution is -0.166. The van der Waals surface area contributed by atoms with Crippen molar-refractivity contribution in [1.29, 1.82) is 0 Å². The van der Waals surface area contributed by atoms with Crippen LogP contribution in [0.5, 0.6) is 5.75 Å². The van der Waals surface area contributed by atoms with Crippen LogP contribution in [-0.4, -0.2) is 58.1 Å². The summed E-state index contributed by atoms with van der Waals surface area (Å²) < 4.78 is 0. The maximum Gasteiger partial charge on any atom is 0.232 e. The fourth-order valence-corrected chi connectivity index (χ4v) is 6.08. The highest BCUT2D eigenvalue weighted by Gasteiger charge is 2.63. The van der Waals surface area contributed by atoms with E-state index in [-0.39, 0.29) is 17.7 Å². The SMILES string of the molecule is CN(C)Cc1ccc(-c2ccc(O)c3c2C[C@H]2C[C@H]4C=CC(C(N)=O)C(=O)[C@@]4(O)C(=O)C2C3=O)cc1. The molecule has 8 nitrogen and oxygen atoms in total. The Labute approximate surface area is 208 Å². The standard InChI is InChI=1S/C28H28N2O6/c1-30(2)13-14-3-5-15(6-4-14)18-9-10-21(31)23-20(18)12-16-11-17-7-8-19(27(29)35)25(33)28(17,36)26(34)22(16)24(23)32/h3-10,16-17,19,22,31,36H,11-13H2,1-2H3,(H2,29,35)/t16-,17-,19?,22?,28-/m1/s1. The van der Waals surface area contributed by atoms with E-state index in [1.54, 1.807) is 6.07 Å². The maximum atomic E-state index is 13.7. The van der Waals surface area contributed by atoms with Gasteiger partial charge in [0.1, 0.15) is 11.7 Å². The molecule has 1 amide bonds. The Morgan fingerprint density at radius 3 is 2.39 bits per heavy atom. The van der Waals surface area contributed by atoms with Gasteiger partial charge in [-0.2, -0.15) is 0 Å².